The normalized spacial score (nSPS) is 12.7. The molecule has 0 spiro atoms. The number of benzene rings is 1. The molecule has 0 aliphatic rings. The van der Waals surface area contributed by atoms with Crippen molar-refractivity contribution in [1.29, 1.82) is 0 Å². The highest BCUT2D eigenvalue weighted by molar-refractivity contribution is 5.35. The zero-order chi connectivity index (χ0) is 11.5. The Balaban J connectivity index is 2.25. The first-order valence-electron chi connectivity index (χ1n) is 5.49. The van der Waals surface area contributed by atoms with Crippen LogP contribution in [0.1, 0.15) is 24.1 Å². The molecule has 0 fully saturated rings. The van der Waals surface area contributed by atoms with Crippen molar-refractivity contribution in [1.82, 2.24) is 15.1 Å². The smallest absolute Gasteiger partial charge is 0.0645 e. The van der Waals surface area contributed by atoms with Gasteiger partial charge in [-0.25, -0.2) is 4.68 Å². The van der Waals surface area contributed by atoms with Crippen LogP contribution in [0, 0.1) is 6.92 Å². The Morgan fingerprint density at radius 1 is 1.25 bits per heavy atom. The Bertz CT molecular complexity index is 456. The number of nitrogens with zero attached hydrogens (tertiary/aromatic N) is 2. The zero-order valence-corrected chi connectivity index (χ0v) is 9.94. The maximum Gasteiger partial charge on any atom is 0.0645 e. The third-order valence-electron chi connectivity index (χ3n) is 2.80. The molecule has 0 radical (unpaired) electrons. The van der Waals surface area contributed by atoms with E-state index in [4.69, 9.17) is 0 Å². The summed E-state index contributed by atoms with van der Waals surface area (Å²) in [5.74, 6) is 0. The van der Waals surface area contributed by atoms with E-state index in [1.165, 1.54) is 11.1 Å². The van der Waals surface area contributed by atoms with E-state index >= 15 is 0 Å². The lowest BCUT2D eigenvalue weighted by atomic mass is 10.1. The van der Waals surface area contributed by atoms with Crippen LogP contribution in [0.2, 0.25) is 0 Å². The molecule has 16 heavy (non-hydrogen) atoms. The first-order chi connectivity index (χ1) is 7.70. The van der Waals surface area contributed by atoms with Gasteiger partial charge in [-0.05, 0) is 44.2 Å². The van der Waals surface area contributed by atoms with Crippen LogP contribution < -0.4 is 5.32 Å². The van der Waals surface area contributed by atoms with Crippen molar-refractivity contribution in [2.45, 2.75) is 19.9 Å². The summed E-state index contributed by atoms with van der Waals surface area (Å²) in [4.78, 5) is 0. The average Bonchev–Trinajstić information content (AvgIpc) is 2.75. The fourth-order valence-electron chi connectivity index (χ4n) is 1.64. The Hall–Kier alpha value is -1.61. The molecule has 0 saturated carbocycles. The summed E-state index contributed by atoms with van der Waals surface area (Å²) < 4.78 is 1.89. The van der Waals surface area contributed by atoms with E-state index < -0.39 is 0 Å². The minimum absolute atomic E-state index is 0.383. The van der Waals surface area contributed by atoms with E-state index in [1.807, 2.05) is 31.0 Å². The van der Waals surface area contributed by atoms with Gasteiger partial charge >= 0.3 is 0 Å². The van der Waals surface area contributed by atoms with Gasteiger partial charge in [-0.2, -0.15) is 5.10 Å². The van der Waals surface area contributed by atoms with Crippen LogP contribution in [0.3, 0.4) is 0 Å². The maximum atomic E-state index is 4.28. The first-order valence-corrected chi connectivity index (χ1v) is 5.49. The van der Waals surface area contributed by atoms with Crippen molar-refractivity contribution in [2.75, 3.05) is 7.05 Å². The van der Waals surface area contributed by atoms with E-state index in [-0.39, 0.29) is 0 Å². The number of hydrogen-bond donors (Lipinski definition) is 1. The van der Waals surface area contributed by atoms with Crippen LogP contribution >= 0.6 is 0 Å². The molecule has 1 unspecified atom stereocenters. The van der Waals surface area contributed by atoms with Crippen molar-refractivity contribution in [3.05, 3.63) is 47.8 Å². The van der Waals surface area contributed by atoms with E-state index in [9.17, 15) is 0 Å². The van der Waals surface area contributed by atoms with Gasteiger partial charge in [0.15, 0.2) is 0 Å². The number of rotatable bonds is 3. The van der Waals surface area contributed by atoms with E-state index in [2.05, 4.69) is 41.6 Å². The minimum Gasteiger partial charge on any atom is -0.313 e. The topological polar surface area (TPSA) is 29.9 Å². The summed E-state index contributed by atoms with van der Waals surface area (Å²) in [6.07, 6.45) is 3.89. The lowest BCUT2D eigenvalue weighted by molar-refractivity contribution is 0.652. The van der Waals surface area contributed by atoms with Gasteiger partial charge < -0.3 is 5.32 Å². The van der Waals surface area contributed by atoms with Gasteiger partial charge in [0.25, 0.3) is 0 Å². The van der Waals surface area contributed by atoms with Crippen LogP contribution in [0.5, 0.6) is 0 Å². The first kappa shape index (κ1) is 10.9. The predicted octanol–water partition coefficient (Wildman–Crippen LogP) is 2.46. The lowest BCUT2D eigenvalue weighted by Gasteiger charge is -2.11. The summed E-state index contributed by atoms with van der Waals surface area (Å²) in [5.41, 5.74) is 3.56. The van der Waals surface area contributed by atoms with Gasteiger partial charge in [0.2, 0.25) is 0 Å². The van der Waals surface area contributed by atoms with Crippen LogP contribution in [0.15, 0.2) is 36.7 Å². The molecule has 3 heteroatoms. The molecule has 1 atom stereocenters. The molecule has 1 heterocycles. The Kier molecular flexibility index (Phi) is 3.06. The third-order valence-corrected chi connectivity index (χ3v) is 2.80. The highest BCUT2D eigenvalue weighted by Gasteiger charge is 2.03. The van der Waals surface area contributed by atoms with E-state index in [0.717, 1.165) is 5.69 Å². The molecule has 0 saturated heterocycles. The van der Waals surface area contributed by atoms with E-state index in [1.54, 1.807) is 0 Å². The fraction of sp³-hybridized carbons (Fsp3) is 0.308. The summed E-state index contributed by atoms with van der Waals surface area (Å²) in [5, 5.41) is 7.50. The van der Waals surface area contributed by atoms with Crippen molar-refractivity contribution in [3.8, 4) is 5.69 Å². The molecule has 2 rings (SSSR count). The van der Waals surface area contributed by atoms with Gasteiger partial charge in [-0.3, -0.25) is 0 Å². The highest BCUT2D eigenvalue weighted by atomic mass is 15.3. The monoisotopic (exact) mass is 215 g/mol. The van der Waals surface area contributed by atoms with Crippen molar-refractivity contribution < 1.29 is 0 Å². The number of hydrogen-bond acceptors (Lipinski definition) is 2. The fourth-order valence-corrected chi connectivity index (χ4v) is 1.64. The molecule has 2 aromatic rings. The number of nitrogens with one attached hydrogen (secondary N) is 1. The van der Waals surface area contributed by atoms with Crippen molar-refractivity contribution in [2.24, 2.45) is 0 Å². The Labute approximate surface area is 96.1 Å². The van der Waals surface area contributed by atoms with Crippen molar-refractivity contribution >= 4 is 0 Å². The number of aromatic nitrogens is 2. The van der Waals surface area contributed by atoms with Gasteiger partial charge in [0, 0.05) is 12.2 Å². The third kappa shape index (κ3) is 2.14. The second-order valence-electron chi connectivity index (χ2n) is 4.06. The molecule has 84 valence electrons. The average molecular weight is 215 g/mol. The lowest BCUT2D eigenvalue weighted by Crippen LogP contribution is -2.12. The summed E-state index contributed by atoms with van der Waals surface area (Å²) in [6.45, 7) is 4.19. The molecule has 3 nitrogen and oxygen atoms in total. The van der Waals surface area contributed by atoms with Gasteiger partial charge in [-0.15, -0.1) is 0 Å². The largest absolute Gasteiger partial charge is 0.313 e. The molecule has 0 aliphatic carbocycles. The summed E-state index contributed by atoms with van der Waals surface area (Å²) in [7, 11) is 1.97. The van der Waals surface area contributed by atoms with Gasteiger partial charge in [0.05, 0.1) is 11.9 Å². The second-order valence-corrected chi connectivity index (χ2v) is 4.06. The molecule has 0 bridgehead atoms. The molecule has 1 aromatic carbocycles. The molecular formula is C13H17N3. The summed E-state index contributed by atoms with van der Waals surface area (Å²) in [6, 6.07) is 8.83. The van der Waals surface area contributed by atoms with Crippen LogP contribution in [-0.2, 0) is 0 Å². The van der Waals surface area contributed by atoms with Crippen LogP contribution in [0.25, 0.3) is 5.69 Å². The molecule has 0 amide bonds. The maximum absolute atomic E-state index is 4.28. The molecule has 0 aliphatic heterocycles. The standard InChI is InChI=1S/C13H17N3/c1-10-8-15-16(9-10)13-6-4-12(5-7-13)11(2)14-3/h4-9,11,14H,1-3H3. The highest BCUT2D eigenvalue weighted by Crippen LogP contribution is 2.15. The molecule has 1 aromatic heterocycles. The molecule has 1 N–H and O–H groups in total. The Morgan fingerprint density at radius 3 is 2.44 bits per heavy atom. The number of aryl methyl sites for hydroxylation is 1. The van der Waals surface area contributed by atoms with Gasteiger partial charge in [-0.1, -0.05) is 12.1 Å². The second kappa shape index (κ2) is 4.49. The van der Waals surface area contributed by atoms with Gasteiger partial charge in [0.1, 0.15) is 0 Å². The molecular weight excluding hydrogens is 198 g/mol. The van der Waals surface area contributed by atoms with Crippen LogP contribution in [0.4, 0.5) is 0 Å². The van der Waals surface area contributed by atoms with E-state index in [0.29, 0.717) is 6.04 Å². The summed E-state index contributed by atoms with van der Waals surface area (Å²) >= 11 is 0. The predicted molar refractivity (Wildman–Crippen MR) is 65.8 cm³/mol. The SMILES string of the molecule is CNC(C)c1ccc(-n2cc(C)cn2)cc1. The van der Waals surface area contributed by atoms with Crippen LogP contribution in [-0.4, -0.2) is 16.8 Å². The van der Waals surface area contributed by atoms with Crippen molar-refractivity contribution in [3.63, 3.8) is 0 Å². The Morgan fingerprint density at radius 2 is 1.94 bits per heavy atom. The zero-order valence-electron chi connectivity index (χ0n) is 9.94. The minimum atomic E-state index is 0.383. The quantitative estimate of drug-likeness (QED) is 0.852.